The summed E-state index contributed by atoms with van der Waals surface area (Å²) in [7, 11) is 0. The highest BCUT2D eigenvalue weighted by Crippen LogP contribution is 2.37. The van der Waals surface area contributed by atoms with Crippen molar-refractivity contribution in [1.29, 1.82) is 0 Å². The molecule has 7 nitrogen and oxygen atoms in total. The van der Waals surface area contributed by atoms with Crippen molar-refractivity contribution in [3.63, 3.8) is 0 Å². The van der Waals surface area contributed by atoms with Crippen LogP contribution in [0.2, 0.25) is 0 Å². The summed E-state index contributed by atoms with van der Waals surface area (Å²) in [4.78, 5) is 37.9. The third kappa shape index (κ3) is 3.98. The Labute approximate surface area is 172 Å². The van der Waals surface area contributed by atoms with Crippen molar-refractivity contribution in [2.45, 2.75) is 33.1 Å². The van der Waals surface area contributed by atoms with Crippen LogP contribution < -0.4 is 14.8 Å². The van der Waals surface area contributed by atoms with Gasteiger partial charge in [0.05, 0.1) is 11.3 Å². The Hall–Kier alpha value is -2.87. The lowest BCUT2D eigenvalue weighted by atomic mass is 9.88. The van der Waals surface area contributed by atoms with Crippen LogP contribution in [0.1, 0.15) is 51.4 Å². The Morgan fingerprint density at radius 1 is 1.21 bits per heavy atom. The van der Waals surface area contributed by atoms with Gasteiger partial charge in [-0.2, -0.15) is 0 Å². The minimum atomic E-state index is -0.530. The summed E-state index contributed by atoms with van der Waals surface area (Å²) in [6.07, 6.45) is 2.88. The Balaban J connectivity index is 1.41. The van der Waals surface area contributed by atoms with Crippen molar-refractivity contribution in [3.8, 4) is 11.5 Å². The van der Waals surface area contributed by atoms with Crippen LogP contribution in [-0.2, 0) is 22.4 Å². The van der Waals surface area contributed by atoms with Gasteiger partial charge in [-0.25, -0.2) is 4.79 Å². The first-order valence-corrected chi connectivity index (χ1v) is 10.3. The first kappa shape index (κ1) is 19.4. The molecular weight excluding hydrogens is 394 g/mol. The molecule has 2 aromatic rings. The van der Waals surface area contributed by atoms with Crippen molar-refractivity contribution >= 4 is 34.7 Å². The van der Waals surface area contributed by atoms with E-state index in [1.165, 1.54) is 23.9 Å². The number of carbonyl (C=O) groups is 3. The van der Waals surface area contributed by atoms with Crippen LogP contribution in [0.3, 0.4) is 0 Å². The molecule has 29 heavy (non-hydrogen) atoms. The van der Waals surface area contributed by atoms with Crippen LogP contribution in [0.4, 0.5) is 5.69 Å². The van der Waals surface area contributed by atoms with Crippen LogP contribution in [0, 0.1) is 5.92 Å². The van der Waals surface area contributed by atoms with E-state index in [9.17, 15) is 14.4 Å². The number of ether oxygens (including phenoxy) is 3. The predicted molar refractivity (Wildman–Crippen MR) is 107 cm³/mol. The number of rotatable bonds is 5. The molecule has 1 unspecified atom stereocenters. The number of nitrogens with one attached hydrogen (secondary N) is 1. The molecule has 8 heteroatoms. The minimum Gasteiger partial charge on any atom is -0.454 e. The Kier molecular flexibility index (Phi) is 5.27. The molecule has 1 N–H and O–H groups in total. The molecule has 1 amide bonds. The zero-order valence-corrected chi connectivity index (χ0v) is 17.0. The summed E-state index contributed by atoms with van der Waals surface area (Å²) in [6, 6.07) is 3.07. The maximum Gasteiger partial charge on any atom is 0.339 e. The van der Waals surface area contributed by atoms with E-state index in [0.717, 1.165) is 24.8 Å². The third-order valence-electron chi connectivity index (χ3n) is 5.12. The number of Topliss-reactive ketones (excluding diaryl/α,β-unsaturated/α-hetero) is 1. The quantitative estimate of drug-likeness (QED) is 0.593. The van der Waals surface area contributed by atoms with E-state index in [2.05, 4.69) is 12.2 Å². The number of fused-ring (bicyclic) bond motifs is 2. The number of benzene rings is 1. The molecule has 0 bridgehead atoms. The summed E-state index contributed by atoms with van der Waals surface area (Å²) >= 11 is 1.57. The van der Waals surface area contributed by atoms with Gasteiger partial charge in [-0.15, -0.1) is 11.3 Å². The van der Waals surface area contributed by atoms with Crippen molar-refractivity contribution in [2.24, 2.45) is 5.92 Å². The summed E-state index contributed by atoms with van der Waals surface area (Å²) in [5.74, 6) is 0.266. The molecule has 1 aliphatic carbocycles. The average molecular weight is 415 g/mol. The maximum atomic E-state index is 12.5. The number of carbonyl (C=O) groups excluding carboxylic acids is 3. The monoisotopic (exact) mass is 415 g/mol. The predicted octanol–water partition coefficient (Wildman–Crippen LogP) is 3.60. The Bertz CT molecular complexity index is 995. The van der Waals surface area contributed by atoms with Crippen molar-refractivity contribution < 1.29 is 28.6 Å². The van der Waals surface area contributed by atoms with E-state index >= 15 is 0 Å². The summed E-state index contributed by atoms with van der Waals surface area (Å²) in [5.41, 5.74) is 2.20. The molecule has 1 atom stereocenters. The Morgan fingerprint density at radius 2 is 1.97 bits per heavy atom. The van der Waals surface area contributed by atoms with Gasteiger partial charge >= 0.3 is 5.97 Å². The number of amides is 1. The molecule has 2 heterocycles. The molecule has 2 aliphatic rings. The fraction of sp³-hybridized carbons (Fsp3) is 0.381. The zero-order valence-electron chi connectivity index (χ0n) is 16.2. The number of hydrogen-bond acceptors (Lipinski definition) is 7. The lowest BCUT2D eigenvalue weighted by molar-refractivity contribution is -0.119. The third-order valence-corrected chi connectivity index (χ3v) is 6.17. The number of ketones is 1. The summed E-state index contributed by atoms with van der Waals surface area (Å²) in [5, 5.41) is 4.43. The molecular formula is C21H21NO6S. The molecule has 0 radical (unpaired) electrons. The lowest BCUT2D eigenvalue weighted by Crippen LogP contribution is -2.22. The van der Waals surface area contributed by atoms with Gasteiger partial charge in [0, 0.05) is 21.9 Å². The fourth-order valence-electron chi connectivity index (χ4n) is 3.58. The van der Waals surface area contributed by atoms with Gasteiger partial charge in [-0.3, -0.25) is 9.59 Å². The first-order valence-electron chi connectivity index (χ1n) is 9.43. The van der Waals surface area contributed by atoms with Gasteiger partial charge in [0.2, 0.25) is 6.79 Å². The molecule has 4 rings (SSSR count). The van der Waals surface area contributed by atoms with Crippen LogP contribution in [-0.4, -0.2) is 31.1 Å². The number of thiophene rings is 1. The maximum absolute atomic E-state index is 12.5. The largest absolute Gasteiger partial charge is 0.454 e. The molecule has 0 fully saturated rings. The molecule has 1 aromatic carbocycles. The molecule has 1 aliphatic heterocycles. The number of hydrogen-bond donors (Lipinski definition) is 1. The van der Waals surface area contributed by atoms with Gasteiger partial charge < -0.3 is 19.5 Å². The van der Waals surface area contributed by atoms with Gasteiger partial charge in [0.25, 0.3) is 5.91 Å². The standard InChI is InChI=1S/C21H21NO6S/c1-11-3-4-13-15(9-29-19(13)5-11)21(25)26-8-20(24)22-16-7-18-17(27-10-28-18)6-14(16)12(2)23/h6-7,9,11H,3-5,8,10H2,1-2H3,(H,22,24). The smallest absolute Gasteiger partial charge is 0.339 e. The first-order chi connectivity index (χ1) is 13.9. The zero-order chi connectivity index (χ0) is 20.5. The van der Waals surface area contributed by atoms with Crippen molar-refractivity contribution in [3.05, 3.63) is 39.1 Å². The van der Waals surface area contributed by atoms with Crippen LogP contribution >= 0.6 is 11.3 Å². The second-order valence-electron chi connectivity index (χ2n) is 7.33. The van der Waals surface area contributed by atoms with E-state index in [-0.39, 0.29) is 12.6 Å². The molecule has 152 valence electrons. The highest BCUT2D eigenvalue weighted by Gasteiger charge is 2.25. The average Bonchev–Trinajstić information content (AvgIpc) is 3.31. The second kappa shape index (κ2) is 7.87. The highest BCUT2D eigenvalue weighted by atomic mass is 32.1. The molecule has 0 saturated carbocycles. The van der Waals surface area contributed by atoms with Gasteiger partial charge in [-0.1, -0.05) is 6.92 Å². The van der Waals surface area contributed by atoms with Gasteiger partial charge in [-0.05, 0) is 43.7 Å². The van der Waals surface area contributed by atoms with Crippen LogP contribution in [0.5, 0.6) is 11.5 Å². The van der Waals surface area contributed by atoms with Gasteiger partial charge in [0.1, 0.15) is 0 Å². The van der Waals surface area contributed by atoms with E-state index in [1.807, 2.05) is 5.38 Å². The Morgan fingerprint density at radius 3 is 2.72 bits per heavy atom. The fourth-order valence-corrected chi connectivity index (χ4v) is 4.81. The molecule has 0 saturated heterocycles. The van der Waals surface area contributed by atoms with E-state index in [1.54, 1.807) is 11.3 Å². The molecule has 0 spiro atoms. The number of esters is 1. The second-order valence-corrected chi connectivity index (χ2v) is 8.29. The van der Waals surface area contributed by atoms with Gasteiger partial charge in [0.15, 0.2) is 23.9 Å². The topological polar surface area (TPSA) is 90.9 Å². The highest BCUT2D eigenvalue weighted by molar-refractivity contribution is 7.10. The van der Waals surface area contributed by atoms with E-state index < -0.39 is 18.5 Å². The normalized spacial score (nSPS) is 16.8. The lowest BCUT2D eigenvalue weighted by Gasteiger charge is -2.18. The summed E-state index contributed by atoms with van der Waals surface area (Å²) < 4.78 is 15.8. The van der Waals surface area contributed by atoms with Crippen LogP contribution in [0.25, 0.3) is 0 Å². The van der Waals surface area contributed by atoms with Crippen molar-refractivity contribution in [2.75, 3.05) is 18.7 Å². The van der Waals surface area contributed by atoms with E-state index in [0.29, 0.717) is 34.2 Å². The number of anilines is 1. The van der Waals surface area contributed by atoms with Crippen LogP contribution in [0.15, 0.2) is 17.5 Å². The SMILES string of the molecule is CC(=O)c1cc2c(cc1NC(=O)COC(=O)c1csc3c1CCC(C)C3)OCO2. The van der Waals surface area contributed by atoms with Crippen molar-refractivity contribution in [1.82, 2.24) is 0 Å². The van der Waals surface area contributed by atoms with E-state index in [4.69, 9.17) is 14.2 Å². The summed E-state index contributed by atoms with van der Waals surface area (Å²) in [6.45, 7) is 3.22. The molecule has 1 aromatic heterocycles. The minimum absolute atomic E-state index is 0.0609.